The molecule has 0 heterocycles. The molecule has 0 fully saturated rings. The predicted molar refractivity (Wildman–Crippen MR) is 81.8 cm³/mol. The van der Waals surface area contributed by atoms with Gasteiger partial charge in [-0.05, 0) is 53.5 Å². The smallest absolute Gasteiger partial charge is 0.241 e. The summed E-state index contributed by atoms with van der Waals surface area (Å²) in [5.41, 5.74) is 1.02. The van der Waals surface area contributed by atoms with E-state index in [-0.39, 0.29) is 4.90 Å². The van der Waals surface area contributed by atoms with Crippen molar-refractivity contribution in [3.05, 3.63) is 28.2 Å². The van der Waals surface area contributed by atoms with Crippen molar-refractivity contribution in [2.45, 2.75) is 38.1 Å². The van der Waals surface area contributed by atoms with Gasteiger partial charge >= 0.3 is 0 Å². The van der Waals surface area contributed by atoms with Gasteiger partial charge in [0.25, 0.3) is 0 Å². The Morgan fingerprint density at radius 2 is 1.95 bits per heavy atom. The molecule has 4 nitrogen and oxygen atoms in total. The highest BCUT2D eigenvalue weighted by atomic mass is 79.9. The van der Waals surface area contributed by atoms with E-state index in [1.807, 2.05) is 6.92 Å². The molecule has 0 aliphatic rings. The largest absolute Gasteiger partial charge is 0.314 e. The molecule has 0 radical (unpaired) electrons. The molecule has 0 aromatic heterocycles. The lowest BCUT2D eigenvalue weighted by Gasteiger charge is -2.10. The quantitative estimate of drug-likeness (QED) is 0.744. The summed E-state index contributed by atoms with van der Waals surface area (Å²) in [6.45, 7) is 7.28. The number of hydrogen-bond donors (Lipinski definition) is 2. The van der Waals surface area contributed by atoms with Gasteiger partial charge in [-0.25, -0.2) is 13.1 Å². The molecule has 6 heteroatoms. The molecule has 0 bridgehead atoms. The lowest BCUT2D eigenvalue weighted by Crippen LogP contribution is -2.30. The van der Waals surface area contributed by atoms with Crippen molar-refractivity contribution < 1.29 is 8.42 Å². The molecular formula is C13H21BrN2O2S. The van der Waals surface area contributed by atoms with Crippen LogP contribution < -0.4 is 10.0 Å². The molecule has 0 amide bonds. The van der Waals surface area contributed by atoms with Gasteiger partial charge in [0, 0.05) is 17.1 Å². The molecule has 1 aromatic rings. The zero-order chi connectivity index (χ0) is 14.5. The zero-order valence-electron chi connectivity index (χ0n) is 11.5. The molecular weight excluding hydrogens is 328 g/mol. The number of nitrogens with one attached hydrogen (secondary N) is 2. The van der Waals surface area contributed by atoms with Crippen LogP contribution in [0.3, 0.4) is 0 Å². The third-order valence-corrected chi connectivity index (χ3v) is 5.01. The summed E-state index contributed by atoms with van der Waals surface area (Å²) in [5.74, 6) is 0. The van der Waals surface area contributed by atoms with Crippen molar-refractivity contribution >= 4 is 26.0 Å². The molecule has 108 valence electrons. The Kier molecular flexibility index (Phi) is 6.46. The van der Waals surface area contributed by atoms with Crippen LogP contribution in [0.2, 0.25) is 0 Å². The summed E-state index contributed by atoms with van der Waals surface area (Å²) >= 11 is 3.29. The molecule has 0 aliphatic heterocycles. The highest BCUT2D eigenvalue weighted by molar-refractivity contribution is 9.10. The lowest BCUT2D eigenvalue weighted by molar-refractivity contribution is 0.554. The van der Waals surface area contributed by atoms with E-state index in [1.165, 1.54) is 0 Å². The monoisotopic (exact) mass is 348 g/mol. The molecule has 1 aromatic carbocycles. The van der Waals surface area contributed by atoms with Gasteiger partial charge in [0.05, 0.1) is 4.90 Å². The maximum absolute atomic E-state index is 12.1. The van der Waals surface area contributed by atoms with E-state index in [2.05, 4.69) is 39.8 Å². The standard InChI is InChI=1S/C13H21BrN2O2S/c1-10(2)15-7-4-8-16-19(17,18)13-6-5-11(3)9-12(13)14/h5-6,9-10,15-16H,4,7-8H2,1-3H3. The highest BCUT2D eigenvalue weighted by Crippen LogP contribution is 2.22. The van der Waals surface area contributed by atoms with Gasteiger partial charge < -0.3 is 5.32 Å². The molecule has 0 saturated heterocycles. The SMILES string of the molecule is Cc1ccc(S(=O)(=O)NCCCNC(C)C)c(Br)c1. The van der Waals surface area contributed by atoms with Crippen LogP contribution in [0, 0.1) is 6.92 Å². The molecule has 0 atom stereocenters. The third-order valence-electron chi connectivity index (χ3n) is 2.58. The van der Waals surface area contributed by atoms with E-state index in [4.69, 9.17) is 0 Å². The Hall–Kier alpha value is -0.430. The number of sulfonamides is 1. The fraction of sp³-hybridized carbons (Fsp3) is 0.538. The summed E-state index contributed by atoms with van der Waals surface area (Å²) in [6.07, 6.45) is 0.765. The second-order valence-electron chi connectivity index (χ2n) is 4.79. The van der Waals surface area contributed by atoms with E-state index in [1.54, 1.807) is 18.2 Å². The highest BCUT2D eigenvalue weighted by Gasteiger charge is 2.16. The normalized spacial score (nSPS) is 12.1. The minimum Gasteiger partial charge on any atom is -0.314 e. The summed E-state index contributed by atoms with van der Waals surface area (Å²) in [4.78, 5) is 0.287. The second kappa shape index (κ2) is 7.38. The molecule has 0 unspecified atom stereocenters. The van der Waals surface area contributed by atoms with Crippen molar-refractivity contribution in [1.82, 2.24) is 10.0 Å². The van der Waals surface area contributed by atoms with Gasteiger partial charge in [-0.2, -0.15) is 0 Å². The second-order valence-corrected chi connectivity index (χ2v) is 7.38. The first-order valence-electron chi connectivity index (χ1n) is 6.32. The van der Waals surface area contributed by atoms with Gasteiger partial charge in [0.15, 0.2) is 0 Å². The maximum atomic E-state index is 12.1. The molecule has 19 heavy (non-hydrogen) atoms. The number of hydrogen-bond acceptors (Lipinski definition) is 3. The maximum Gasteiger partial charge on any atom is 0.241 e. The molecule has 0 saturated carbocycles. The van der Waals surface area contributed by atoms with Gasteiger partial charge in [-0.1, -0.05) is 19.9 Å². The number of benzene rings is 1. The fourth-order valence-electron chi connectivity index (χ4n) is 1.59. The van der Waals surface area contributed by atoms with Crippen LogP contribution in [0.5, 0.6) is 0 Å². The van der Waals surface area contributed by atoms with Crippen LogP contribution in [0.4, 0.5) is 0 Å². The first-order chi connectivity index (χ1) is 8.83. The average molecular weight is 349 g/mol. The van der Waals surface area contributed by atoms with Crippen molar-refractivity contribution in [3.8, 4) is 0 Å². The first-order valence-corrected chi connectivity index (χ1v) is 8.60. The molecule has 2 N–H and O–H groups in total. The predicted octanol–water partition coefficient (Wildman–Crippen LogP) is 2.42. The van der Waals surface area contributed by atoms with E-state index < -0.39 is 10.0 Å². The number of rotatable bonds is 7. The van der Waals surface area contributed by atoms with Crippen LogP contribution in [0.25, 0.3) is 0 Å². The van der Waals surface area contributed by atoms with Gasteiger partial charge in [-0.15, -0.1) is 0 Å². The number of aryl methyl sites for hydroxylation is 1. The van der Waals surface area contributed by atoms with Crippen molar-refractivity contribution in [2.75, 3.05) is 13.1 Å². The van der Waals surface area contributed by atoms with Crippen LogP contribution in [0.15, 0.2) is 27.6 Å². The minimum absolute atomic E-state index is 0.287. The topological polar surface area (TPSA) is 58.2 Å². The Morgan fingerprint density at radius 3 is 2.53 bits per heavy atom. The average Bonchev–Trinajstić information content (AvgIpc) is 2.27. The molecule has 1 rings (SSSR count). The van der Waals surface area contributed by atoms with Gasteiger partial charge in [0.2, 0.25) is 10.0 Å². The van der Waals surface area contributed by atoms with Gasteiger partial charge in [-0.3, -0.25) is 0 Å². The Balaban J connectivity index is 2.56. The van der Waals surface area contributed by atoms with E-state index >= 15 is 0 Å². The van der Waals surface area contributed by atoms with Gasteiger partial charge in [0.1, 0.15) is 0 Å². The summed E-state index contributed by atoms with van der Waals surface area (Å²) in [7, 11) is -3.43. The van der Waals surface area contributed by atoms with Crippen LogP contribution in [-0.4, -0.2) is 27.5 Å². The first kappa shape index (κ1) is 16.6. The molecule has 0 spiro atoms. The van der Waals surface area contributed by atoms with E-state index in [0.29, 0.717) is 17.1 Å². The van der Waals surface area contributed by atoms with Crippen molar-refractivity contribution in [3.63, 3.8) is 0 Å². The van der Waals surface area contributed by atoms with Crippen molar-refractivity contribution in [2.24, 2.45) is 0 Å². The Morgan fingerprint density at radius 1 is 1.26 bits per heavy atom. The van der Waals surface area contributed by atoms with Crippen LogP contribution in [-0.2, 0) is 10.0 Å². The van der Waals surface area contributed by atoms with Crippen LogP contribution >= 0.6 is 15.9 Å². The summed E-state index contributed by atoms with van der Waals surface area (Å²) in [6, 6.07) is 5.63. The summed E-state index contributed by atoms with van der Waals surface area (Å²) in [5, 5.41) is 3.25. The lowest BCUT2D eigenvalue weighted by atomic mass is 10.2. The molecule has 0 aliphatic carbocycles. The number of halogens is 1. The van der Waals surface area contributed by atoms with Crippen molar-refractivity contribution in [1.29, 1.82) is 0 Å². The summed E-state index contributed by atoms with van der Waals surface area (Å²) < 4.78 is 27.4. The third kappa shape index (κ3) is 5.60. The van der Waals surface area contributed by atoms with Crippen LogP contribution in [0.1, 0.15) is 25.8 Å². The minimum atomic E-state index is -3.43. The Bertz CT molecular complexity index is 515. The fourth-order valence-corrected chi connectivity index (χ4v) is 3.85. The van der Waals surface area contributed by atoms with E-state index in [9.17, 15) is 8.42 Å². The zero-order valence-corrected chi connectivity index (χ0v) is 13.9. The van der Waals surface area contributed by atoms with E-state index in [0.717, 1.165) is 18.5 Å². The Labute approximate surface area is 124 Å².